The summed E-state index contributed by atoms with van der Waals surface area (Å²) in [5.41, 5.74) is 1.19. The van der Waals surface area contributed by atoms with E-state index in [0.29, 0.717) is 6.61 Å². The third-order valence-electron chi connectivity index (χ3n) is 3.27. The van der Waals surface area contributed by atoms with Crippen molar-refractivity contribution < 1.29 is 9.53 Å². The molecule has 1 atom stereocenters. The fraction of sp³-hybridized carbons (Fsp3) is 0.333. The zero-order valence-electron chi connectivity index (χ0n) is 11.1. The van der Waals surface area contributed by atoms with Crippen LogP contribution in [0.1, 0.15) is 18.4 Å². The highest BCUT2D eigenvalue weighted by Crippen LogP contribution is 2.13. The predicted octanol–water partition coefficient (Wildman–Crippen LogP) is 2.20. The highest BCUT2D eigenvalue weighted by atomic mass is 32.1. The van der Waals surface area contributed by atoms with Crippen molar-refractivity contribution in [2.24, 2.45) is 4.99 Å². The number of aromatic nitrogens is 1. The molecule has 1 aliphatic rings. The molecule has 0 aliphatic carbocycles. The van der Waals surface area contributed by atoms with Gasteiger partial charge in [-0.05, 0) is 18.4 Å². The van der Waals surface area contributed by atoms with Gasteiger partial charge in [0.1, 0.15) is 6.10 Å². The Balaban J connectivity index is 1.81. The third-order valence-corrected chi connectivity index (χ3v) is 4.06. The number of thiazole rings is 1. The second kappa shape index (κ2) is 6.15. The number of benzene rings is 1. The first kappa shape index (κ1) is 13.3. The summed E-state index contributed by atoms with van der Waals surface area (Å²) in [5.74, 6) is -0.160. The Bertz CT molecular complexity index is 639. The van der Waals surface area contributed by atoms with Gasteiger partial charge in [-0.2, -0.15) is 4.99 Å². The van der Waals surface area contributed by atoms with Crippen molar-refractivity contribution in [2.45, 2.75) is 25.5 Å². The summed E-state index contributed by atoms with van der Waals surface area (Å²) >= 11 is 1.48. The van der Waals surface area contributed by atoms with E-state index in [1.54, 1.807) is 0 Å². The van der Waals surface area contributed by atoms with E-state index in [1.807, 2.05) is 34.3 Å². The average molecular weight is 288 g/mol. The first-order valence-electron chi connectivity index (χ1n) is 6.71. The summed E-state index contributed by atoms with van der Waals surface area (Å²) in [6.45, 7) is 1.39. The van der Waals surface area contributed by atoms with Gasteiger partial charge in [0.15, 0.2) is 4.80 Å². The molecule has 1 saturated heterocycles. The lowest BCUT2D eigenvalue weighted by atomic mass is 10.2. The standard InChI is InChI=1S/C15H16N2O2S/c18-14(13-7-4-9-19-13)16-15-17(8-10-20-15)11-12-5-2-1-3-6-12/h1-3,5-6,8,10,13H,4,7,9,11H2/t13-/m0/s1. The summed E-state index contributed by atoms with van der Waals surface area (Å²) in [6.07, 6.45) is 3.34. The van der Waals surface area contributed by atoms with Gasteiger partial charge in [0.25, 0.3) is 5.91 Å². The van der Waals surface area contributed by atoms with E-state index >= 15 is 0 Å². The smallest absolute Gasteiger partial charge is 0.277 e. The maximum absolute atomic E-state index is 12.0. The maximum Gasteiger partial charge on any atom is 0.277 e. The molecule has 4 nitrogen and oxygen atoms in total. The van der Waals surface area contributed by atoms with Crippen LogP contribution in [0.4, 0.5) is 0 Å². The number of carbonyl (C=O) groups excluding carboxylic acids is 1. The minimum atomic E-state index is -0.345. The molecular weight excluding hydrogens is 272 g/mol. The van der Waals surface area contributed by atoms with Crippen molar-refractivity contribution in [3.05, 3.63) is 52.3 Å². The Kier molecular flexibility index (Phi) is 4.08. The highest BCUT2D eigenvalue weighted by Gasteiger charge is 2.23. The minimum Gasteiger partial charge on any atom is -0.368 e. The van der Waals surface area contributed by atoms with Gasteiger partial charge in [0.05, 0.1) is 0 Å². The molecule has 0 bridgehead atoms. The van der Waals surface area contributed by atoms with Crippen molar-refractivity contribution in [3.63, 3.8) is 0 Å². The minimum absolute atomic E-state index is 0.160. The van der Waals surface area contributed by atoms with Crippen LogP contribution in [0.2, 0.25) is 0 Å². The molecule has 0 unspecified atom stereocenters. The summed E-state index contributed by atoms with van der Waals surface area (Å²) in [6, 6.07) is 10.1. The summed E-state index contributed by atoms with van der Waals surface area (Å²) in [4.78, 5) is 17.0. The number of carbonyl (C=O) groups is 1. The van der Waals surface area contributed by atoms with Gasteiger partial charge < -0.3 is 9.30 Å². The molecule has 1 fully saturated rings. The van der Waals surface area contributed by atoms with Crippen molar-refractivity contribution in [2.75, 3.05) is 6.61 Å². The Morgan fingerprint density at radius 2 is 2.25 bits per heavy atom. The molecule has 0 N–H and O–H groups in total. The second-order valence-electron chi connectivity index (χ2n) is 4.75. The van der Waals surface area contributed by atoms with Crippen LogP contribution in [-0.2, 0) is 16.1 Å². The lowest BCUT2D eigenvalue weighted by Crippen LogP contribution is -2.23. The van der Waals surface area contributed by atoms with Gasteiger partial charge in [0, 0.05) is 24.7 Å². The lowest BCUT2D eigenvalue weighted by Gasteiger charge is -2.04. The Morgan fingerprint density at radius 1 is 1.40 bits per heavy atom. The van der Waals surface area contributed by atoms with Gasteiger partial charge in [0.2, 0.25) is 0 Å². The zero-order valence-corrected chi connectivity index (χ0v) is 11.9. The summed E-state index contributed by atoms with van der Waals surface area (Å²) < 4.78 is 7.37. The molecule has 1 amide bonds. The largest absolute Gasteiger partial charge is 0.368 e. The van der Waals surface area contributed by atoms with E-state index in [1.165, 1.54) is 16.9 Å². The molecule has 3 rings (SSSR count). The molecule has 5 heteroatoms. The molecule has 104 valence electrons. The Hall–Kier alpha value is -1.72. The van der Waals surface area contributed by atoms with E-state index in [4.69, 9.17) is 4.74 Å². The van der Waals surface area contributed by atoms with Crippen LogP contribution in [0.15, 0.2) is 46.9 Å². The molecule has 1 aromatic carbocycles. The fourth-order valence-electron chi connectivity index (χ4n) is 2.23. The van der Waals surface area contributed by atoms with Crippen LogP contribution in [0.5, 0.6) is 0 Å². The third kappa shape index (κ3) is 3.05. The number of hydrogen-bond donors (Lipinski definition) is 0. The Morgan fingerprint density at radius 3 is 3.00 bits per heavy atom. The molecule has 2 heterocycles. The number of rotatable bonds is 3. The van der Waals surface area contributed by atoms with Gasteiger partial charge in [-0.1, -0.05) is 30.3 Å². The molecule has 0 radical (unpaired) electrons. The molecule has 20 heavy (non-hydrogen) atoms. The quantitative estimate of drug-likeness (QED) is 0.869. The number of ether oxygens (including phenoxy) is 1. The van der Waals surface area contributed by atoms with Crippen molar-refractivity contribution in [1.82, 2.24) is 4.57 Å². The average Bonchev–Trinajstić information content (AvgIpc) is 3.12. The van der Waals surface area contributed by atoms with Crippen LogP contribution < -0.4 is 4.80 Å². The summed E-state index contributed by atoms with van der Waals surface area (Å²) in [7, 11) is 0. The van der Waals surface area contributed by atoms with Gasteiger partial charge in [-0.15, -0.1) is 11.3 Å². The number of nitrogens with zero attached hydrogens (tertiary/aromatic N) is 2. The molecule has 1 aromatic heterocycles. The van der Waals surface area contributed by atoms with Crippen molar-refractivity contribution in [3.8, 4) is 0 Å². The topological polar surface area (TPSA) is 43.6 Å². The maximum atomic E-state index is 12.0. The number of amides is 1. The first-order valence-corrected chi connectivity index (χ1v) is 7.59. The number of hydrogen-bond acceptors (Lipinski definition) is 3. The molecule has 2 aromatic rings. The molecule has 1 aliphatic heterocycles. The highest BCUT2D eigenvalue weighted by molar-refractivity contribution is 7.07. The van der Waals surface area contributed by atoms with E-state index in [0.717, 1.165) is 24.2 Å². The van der Waals surface area contributed by atoms with E-state index in [2.05, 4.69) is 17.1 Å². The van der Waals surface area contributed by atoms with E-state index in [9.17, 15) is 4.79 Å². The Labute approximate surface area is 121 Å². The predicted molar refractivity (Wildman–Crippen MR) is 77.4 cm³/mol. The molecule has 0 saturated carbocycles. The monoisotopic (exact) mass is 288 g/mol. The second-order valence-corrected chi connectivity index (χ2v) is 5.62. The molecular formula is C15H16N2O2S. The first-order chi connectivity index (χ1) is 9.83. The van der Waals surface area contributed by atoms with Crippen LogP contribution in [0.3, 0.4) is 0 Å². The van der Waals surface area contributed by atoms with Crippen molar-refractivity contribution >= 4 is 17.2 Å². The summed E-state index contributed by atoms with van der Waals surface area (Å²) in [5, 5.41) is 1.95. The van der Waals surface area contributed by atoms with E-state index < -0.39 is 0 Å². The van der Waals surface area contributed by atoms with E-state index in [-0.39, 0.29) is 12.0 Å². The van der Waals surface area contributed by atoms with Crippen LogP contribution in [-0.4, -0.2) is 23.2 Å². The fourth-order valence-corrected chi connectivity index (χ4v) is 2.96. The van der Waals surface area contributed by atoms with Crippen LogP contribution >= 0.6 is 11.3 Å². The van der Waals surface area contributed by atoms with Gasteiger partial charge in [-0.25, -0.2) is 0 Å². The zero-order chi connectivity index (χ0) is 13.8. The molecule has 0 spiro atoms. The lowest BCUT2D eigenvalue weighted by molar-refractivity contribution is -0.126. The van der Waals surface area contributed by atoms with Crippen LogP contribution in [0, 0.1) is 0 Å². The van der Waals surface area contributed by atoms with Crippen molar-refractivity contribution in [1.29, 1.82) is 0 Å². The normalized spacial score (nSPS) is 19.4. The van der Waals surface area contributed by atoms with Gasteiger partial charge >= 0.3 is 0 Å². The van der Waals surface area contributed by atoms with Gasteiger partial charge in [-0.3, -0.25) is 4.79 Å². The SMILES string of the molecule is O=C(N=c1sccn1Cc1ccccc1)[C@@H]1CCCO1. The van der Waals surface area contributed by atoms with Crippen LogP contribution in [0.25, 0.3) is 0 Å².